The topological polar surface area (TPSA) is 151 Å². The summed E-state index contributed by atoms with van der Waals surface area (Å²) in [5.74, 6) is -1.67. The molecule has 4 N–H and O–H groups in total. The van der Waals surface area contributed by atoms with Gasteiger partial charge in [0.1, 0.15) is 11.9 Å². The summed E-state index contributed by atoms with van der Waals surface area (Å²) < 4.78 is 6.48. The van der Waals surface area contributed by atoms with E-state index in [0.29, 0.717) is 0 Å². The van der Waals surface area contributed by atoms with Gasteiger partial charge in [0.25, 0.3) is 5.91 Å². The highest BCUT2D eigenvalue weighted by Gasteiger charge is 2.35. The standard InChI is InChI=1S/C17H17N3O7/c21-8-11-7-12(22)15(27-11)20-6-5-13(19-17(20)26)18-14(23)9-1-3-10(4-2-9)16(24)25/h1-6,11-12,15,21-22H,7-8H2,(H,24,25)(H,18,19,23,26). The average Bonchev–Trinajstić information content (AvgIpc) is 3.02. The second kappa shape index (κ2) is 7.66. The molecule has 10 heteroatoms. The van der Waals surface area contributed by atoms with Crippen molar-refractivity contribution in [3.05, 3.63) is 58.1 Å². The Labute approximate surface area is 152 Å². The number of aliphatic hydroxyl groups excluding tert-OH is 2. The number of hydrogen-bond acceptors (Lipinski definition) is 7. The second-order valence-corrected chi connectivity index (χ2v) is 5.97. The first-order valence-electron chi connectivity index (χ1n) is 8.07. The minimum atomic E-state index is -1.10. The van der Waals surface area contributed by atoms with E-state index in [1.54, 1.807) is 0 Å². The number of amides is 1. The predicted molar refractivity (Wildman–Crippen MR) is 91.5 cm³/mol. The van der Waals surface area contributed by atoms with Crippen LogP contribution >= 0.6 is 0 Å². The molecule has 27 heavy (non-hydrogen) atoms. The maximum absolute atomic E-state index is 12.2. The van der Waals surface area contributed by atoms with E-state index in [9.17, 15) is 19.5 Å². The molecule has 3 unspecified atom stereocenters. The van der Waals surface area contributed by atoms with Gasteiger partial charge in [0.2, 0.25) is 0 Å². The number of hydrogen-bond donors (Lipinski definition) is 4. The van der Waals surface area contributed by atoms with Crippen LogP contribution in [0.5, 0.6) is 0 Å². The van der Waals surface area contributed by atoms with Crippen LogP contribution in [0, 0.1) is 0 Å². The Morgan fingerprint density at radius 3 is 2.44 bits per heavy atom. The smallest absolute Gasteiger partial charge is 0.351 e. The molecule has 1 aromatic heterocycles. The Hall–Kier alpha value is -3.08. The number of benzene rings is 1. The van der Waals surface area contributed by atoms with Crippen LogP contribution in [-0.4, -0.2) is 55.6 Å². The first kappa shape index (κ1) is 18.7. The summed E-state index contributed by atoms with van der Waals surface area (Å²) in [6.07, 6.45) is -0.972. The van der Waals surface area contributed by atoms with Crippen LogP contribution in [0.4, 0.5) is 5.82 Å². The highest BCUT2D eigenvalue weighted by atomic mass is 16.5. The SMILES string of the molecule is O=C(O)c1ccc(C(=O)Nc2ccn(C3OC(CO)CC3O)c(=O)n2)cc1. The lowest BCUT2D eigenvalue weighted by atomic mass is 10.1. The van der Waals surface area contributed by atoms with Gasteiger partial charge in [-0.15, -0.1) is 0 Å². The van der Waals surface area contributed by atoms with E-state index < -0.39 is 36.0 Å². The first-order valence-corrected chi connectivity index (χ1v) is 8.07. The maximum Gasteiger partial charge on any atom is 0.351 e. The normalized spacial score (nSPS) is 21.8. The number of nitrogens with one attached hydrogen (secondary N) is 1. The molecule has 1 amide bonds. The summed E-state index contributed by atoms with van der Waals surface area (Å²) in [5, 5.41) is 30.4. The Balaban J connectivity index is 1.73. The van der Waals surface area contributed by atoms with Crippen molar-refractivity contribution in [2.24, 2.45) is 0 Å². The quantitative estimate of drug-likeness (QED) is 0.562. The predicted octanol–water partition coefficient (Wildman–Crippen LogP) is -0.165. The molecule has 0 spiro atoms. The van der Waals surface area contributed by atoms with Crippen LogP contribution < -0.4 is 11.0 Å². The number of carbonyl (C=O) groups excluding carboxylic acids is 1. The Bertz CT molecular complexity index is 909. The summed E-state index contributed by atoms with van der Waals surface area (Å²) in [6.45, 7) is -0.273. The van der Waals surface area contributed by atoms with E-state index >= 15 is 0 Å². The third-order valence-corrected chi connectivity index (χ3v) is 4.11. The van der Waals surface area contributed by atoms with E-state index in [1.165, 1.54) is 36.5 Å². The summed E-state index contributed by atoms with van der Waals surface area (Å²) >= 11 is 0. The zero-order chi connectivity index (χ0) is 19.6. The lowest BCUT2D eigenvalue weighted by Gasteiger charge is -2.17. The number of anilines is 1. The average molecular weight is 375 g/mol. The van der Waals surface area contributed by atoms with Gasteiger partial charge in [-0.05, 0) is 30.3 Å². The van der Waals surface area contributed by atoms with Gasteiger partial charge >= 0.3 is 11.7 Å². The van der Waals surface area contributed by atoms with E-state index in [-0.39, 0.29) is 30.0 Å². The summed E-state index contributed by atoms with van der Waals surface area (Å²) in [7, 11) is 0. The molecule has 2 heterocycles. The van der Waals surface area contributed by atoms with Crippen LogP contribution in [0.25, 0.3) is 0 Å². The van der Waals surface area contributed by atoms with Gasteiger partial charge in [0.05, 0.1) is 18.3 Å². The molecule has 0 aliphatic carbocycles. The van der Waals surface area contributed by atoms with Gasteiger partial charge in [-0.1, -0.05) is 0 Å². The van der Waals surface area contributed by atoms with Crippen molar-refractivity contribution in [2.45, 2.75) is 24.9 Å². The Kier molecular flexibility index (Phi) is 5.31. The molecule has 1 aliphatic rings. The van der Waals surface area contributed by atoms with Gasteiger partial charge in [-0.3, -0.25) is 9.36 Å². The zero-order valence-electron chi connectivity index (χ0n) is 14.0. The van der Waals surface area contributed by atoms with Crippen molar-refractivity contribution in [3.63, 3.8) is 0 Å². The molecule has 1 saturated heterocycles. The molecule has 10 nitrogen and oxygen atoms in total. The van der Waals surface area contributed by atoms with E-state index in [2.05, 4.69) is 10.3 Å². The number of ether oxygens (including phenoxy) is 1. The Morgan fingerprint density at radius 1 is 1.22 bits per heavy atom. The van der Waals surface area contributed by atoms with Gasteiger partial charge < -0.3 is 25.4 Å². The van der Waals surface area contributed by atoms with Crippen molar-refractivity contribution in [3.8, 4) is 0 Å². The molecule has 1 aliphatic heterocycles. The van der Waals surface area contributed by atoms with Gasteiger partial charge in [-0.2, -0.15) is 4.98 Å². The van der Waals surface area contributed by atoms with Crippen molar-refractivity contribution in [2.75, 3.05) is 11.9 Å². The highest BCUT2D eigenvalue weighted by Crippen LogP contribution is 2.27. The number of nitrogens with zero attached hydrogens (tertiary/aromatic N) is 2. The summed E-state index contributed by atoms with van der Waals surface area (Å²) in [5.41, 5.74) is -0.494. The second-order valence-electron chi connectivity index (χ2n) is 5.97. The molecule has 1 aromatic carbocycles. The Morgan fingerprint density at radius 2 is 1.89 bits per heavy atom. The van der Waals surface area contributed by atoms with Crippen molar-refractivity contribution < 1.29 is 29.6 Å². The number of aromatic nitrogens is 2. The van der Waals surface area contributed by atoms with Gasteiger partial charge in [0, 0.05) is 18.2 Å². The lowest BCUT2D eigenvalue weighted by molar-refractivity contribution is -0.0529. The minimum absolute atomic E-state index is 0.00486. The largest absolute Gasteiger partial charge is 0.478 e. The van der Waals surface area contributed by atoms with Gasteiger partial charge in [-0.25, -0.2) is 9.59 Å². The third-order valence-electron chi connectivity index (χ3n) is 4.11. The third kappa shape index (κ3) is 4.03. The number of rotatable bonds is 5. The summed E-state index contributed by atoms with van der Waals surface area (Å²) in [6, 6.07) is 6.64. The molecule has 3 atom stereocenters. The fourth-order valence-corrected chi connectivity index (χ4v) is 2.73. The molecule has 3 rings (SSSR count). The molecule has 1 fully saturated rings. The van der Waals surface area contributed by atoms with Crippen molar-refractivity contribution >= 4 is 17.7 Å². The molecule has 2 aromatic rings. The highest BCUT2D eigenvalue weighted by molar-refractivity contribution is 6.04. The van der Waals surface area contributed by atoms with Crippen LogP contribution in [-0.2, 0) is 4.74 Å². The monoisotopic (exact) mass is 375 g/mol. The fourth-order valence-electron chi connectivity index (χ4n) is 2.73. The van der Waals surface area contributed by atoms with Crippen LogP contribution in [0.15, 0.2) is 41.3 Å². The van der Waals surface area contributed by atoms with Crippen LogP contribution in [0.2, 0.25) is 0 Å². The van der Waals surface area contributed by atoms with E-state index in [1.807, 2.05) is 0 Å². The van der Waals surface area contributed by atoms with E-state index in [4.69, 9.17) is 14.9 Å². The molecule has 0 radical (unpaired) electrons. The first-order chi connectivity index (χ1) is 12.9. The number of carboxylic acid groups (broad SMARTS) is 1. The van der Waals surface area contributed by atoms with Gasteiger partial charge in [0.15, 0.2) is 6.23 Å². The molecular formula is C17H17N3O7. The maximum atomic E-state index is 12.2. The van der Waals surface area contributed by atoms with E-state index in [0.717, 1.165) is 4.57 Å². The number of aromatic carboxylic acids is 1. The van der Waals surface area contributed by atoms with Crippen LogP contribution in [0.1, 0.15) is 33.4 Å². The fraction of sp³-hybridized carbons (Fsp3) is 0.294. The van der Waals surface area contributed by atoms with Crippen molar-refractivity contribution in [1.82, 2.24) is 9.55 Å². The molecule has 0 saturated carbocycles. The van der Waals surface area contributed by atoms with Crippen molar-refractivity contribution in [1.29, 1.82) is 0 Å². The lowest BCUT2D eigenvalue weighted by Crippen LogP contribution is -2.32. The minimum Gasteiger partial charge on any atom is -0.478 e. The number of carboxylic acids is 1. The summed E-state index contributed by atoms with van der Waals surface area (Å²) in [4.78, 5) is 38.9. The van der Waals surface area contributed by atoms with Crippen LogP contribution in [0.3, 0.4) is 0 Å². The number of carbonyl (C=O) groups is 2. The molecular weight excluding hydrogens is 358 g/mol. The number of aliphatic hydroxyl groups is 2. The molecule has 0 bridgehead atoms. The molecule has 142 valence electrons. The zero-order valence-corrected chi connectivity index (χ0v) is 14.0.